The van der Waals surface area contributed by atoms with E-state index in [0.29, 0.717) is 6.42 Å². The lowest BCUT2D eigenvalue weighted by molar-refractivity contribution is 0.178. The van der Waals surface area contributed by atoms with Gasteiger partial charge in [-0.25, -0.2) is 0 Å². The number of hydrogen-bond donors (Lipinski definition) is 1. The van der Waals surface area contributed by atoms with E-state index in [1.807, 2.05) is 42.9 Å². The van der Waals surface area contributed by atoms with Gasteiger partial charge in [-0.1, -0.05) is 12.1 Å². The first kappa shape index (κ1) is 13.6. The number of rotatable bonds is 5. The molecule has 0 aliphatic rings. The van der Waals surface area contributed by atoms with Crippen molar-refractivity contribution in [3.63, 3.8) is 0 Å². The van der Waals surface area contributed by atoms with Crippen LogP contribution in [-0.2, 0) is 13.0 Å². The lowest BCUT2D eigenvalue weighted by atomic mass is 10.0. The molecule has 4 heteroatoms. The Labute approximate surface area is 113 Å². The molecule has 102 valence electrons. The Morgan fingerprint density at radius 2 is 2.21 bits per heavy atom. The van der Waals surface area contributed by atoms with Crippen LogP contribution in [0.15, 0.2) is 30.6 Å². The van der Waals surface area contributed by atoms with Crippen molar-refractivity contribution in [1.29, 1.82) is 0 Å². The Hall–Kier alpha value is -1.81. The van der Waals surface area contributed by atoms with Gasteiger partial charge in [-0.2, -0.15) is 5.10 Å². The number of hydrogen-bond acceptors (Lipinski definition) is 3. The minimum atomic E-state index is -0.538. The number of nitrogens with zero attached hydrogens (tertiary/aromatic N) is 2. The second kappa shape index (κ2) is 5.89. The highest BCUT2D eigenvalue weighted by atomic mass is 16.5. The second-order valence-electron chi connectivity index (χ2n) is 4.65. The zero-order chi connectivity index (χ0) is 13.8. The summed E-state index contributed by atoms with van der Waals surface area (Å²) in [4.78, 5) is 0. The number of aliphatic hydroxyl groups excluding tert-OH is 1. The Bertz CT molecular complexity index is 549. The average molecular weight is 260 g/mol. The fourth-order valence-corrected chi connectivity index (χ4v) is 2.07. The second-order valence-corrected chi connectivity index (χ2v) is 4.65. The first-order valence-electron chi connectivity index (χ1n) is 6.48. The normalized spacial score (nSPS) is 12.4. The van der Waals surface area contributed by atoms with Gasteiger partial charge in [0, 0.05) is 19.2 Å². The molecule has 1 aromatic carbocycles. The van der Waals surface area contributed by atoms with Crippen LogP contribution in [0.3, 0.4) is 0 Å². The van der Waals surface area contributed by atoms with Gasteiger partial charge in [0.25, 0.3) is 0 Å². The molecule has 1 N–H and O–H groups in total. The molecule has 19 heavy (non-hydrogen) atoms. The maximum absolute atomic E-state index is 10.3. The smallest absolute Gasteiger partial charge is 0.122 e. The molecule has 4 nitrogen and oxygen atoms in total. The van der Waals surface area contributed by atoms with E-state index in [4.69, 9.17) is 4.74 Å². The van der Waals surface area contributed by atoms with E-state index in [9.17, 15) is 5.11 Å². The lowest BCUT2D eigenvalue weighted by Gasteiger charge is -2.12. The molecule has 0 aliphatic heterocycles. The molecule has 0 saturated heterocycles. The summed E-state index contributed by atoms with van der Waals surface area (Å²) in [6.07, 6.45) is 3.79. The Morgan fingerprint density at radius 3 is 2.84 bits per heavy atom. The van der Waals surface area contributed by atoms with Crippen LogP contribution in [0.5, 0.6) is 5.75 Å². The van der Waals surface area contributed by atoms with Crippen LogP contribution < -0.4 is 4.74 Å². The summed E-state index contributed by atoms with van der Waals surface area (Å²) in [6, 6.07) is 5.80. The van der Waals surface area contributed by atoms with Crippen LogP contribution in [0.1, 0.15) is 29.7 Å². The van der Waals surface area contributed by atoms with Crippen molar-refractivity contribution in [3.8, 4) is 5.75 Å². The zero-order valence-corrected chi connectivity index (χ0v) is 11.6. The number of methoxy groups -OCH3 is 1. The highest BCUT2D eigenvalue weighted by molar-refractivity contribution is 5.37. The molecule has 1 aromatic heterocycles. The van der Waals surface area contributed by atoms with Crippen molar-refractivity contribution < 1.29 is 9.84 Å². The fourth-order valence-electron chi connectivity index (χ4n) is 2.07. The molecule has 1 unspecified atom stereocenters. The molecule has 1 heterocycles. The van der Waals surface area contributed by atoms with Crippen LogP contribution in [0.4, 0.5) is 0 Å². The molecular formula is C15H20N2O2. The van der Waals surface area contributed by atoms with E-state index < -0.39 is 6.10 Å². The van der Waals surface area contributed by atoms with Gasteiger partial charge in [0.2, 0.25) is 0 Å². The molecule has 0 amide bonds. The van der Waals surface area contributed by atoms with Crippen molar-refractivity contribution >= 4 is 0 Å². The summed E-state index contributed by atoms with van der Waals surface area (Å²) in [5.41, 5.74) is 2.97. The van der Waals surface area contributed by atoms with Gasteiger partial charge in [0.1, 0.15) is 5.75 Å². The van der Waals surface area contributed by atoms with E-state index in [2.05, 4.69) is 5.10 Å². The average Bonchev–Trinajstić information content (AvgIpc) is 2.86. The van der Waals surface area contributed by atoms with Gasteiger partial charge in [-0.15, -0.1) is 0 Å². The summed E-state index contributed by atoms with van der Waals surface area (Å²) in [6.45, 7) is 4.87. The molecule has 1 atom stereocenters. The lowest BCUT2D eigenvalue weighted by Crippen LogP contribution is -2.02. The van der Waals surface area contributed by atoms with Crippen molar-refractivity contribution in [2.75, 3.05) is 7.11 Å². The maximum atomic E-state index is 10.3. The van der Waals surface area contributed by atoms with E-state index in [-0.39, 0.29) is 0 Å². The van der Waals surface area contributed by atoms with E-state index in [0.717, 1.165) is 29.0 Å². The van der Waals surface area contributed by atoms with Gasteiger partial charge in [-0.3, -0.25) is 4.68 Å². The third-order valence-corrected chi connectivity index (χ3v) is 3.26. The Balaban J connectivity index is 2.12. The number of benzene rings is 1. The largest absolute Gasteiger partial charge is 0.496 e. The standard InChI is InChI=1S/C15H20N2O2/c1-4-17-10-12(9-16-17)7-14(18)13-6-5-11(2)15(8-13)19-3/h5-6,8-10,14,18H,4,7H2,1-3H3. The monoisotopic (exact) mass is 260 g/mol. The minimum Gasteiger partial charge on any atom is -0.496 e. The predicted octanol–water partition coefficient (Wildman–Crippen LogP) is 2.50. The topological polar surface area (TPSA) is 47.3 Å². The van der Waals surface area contributed by atoms with E-state index in [1.165, 1.54) is 0 Å². The van der Waals surface area contributed by atoms with Crippen LogP contribution >= 0.6 is 0 Å². The number of ether oxygens (including phenoxy) is 1. The Kier molecular flexibility index (Phi) is 4.22. The highest BCUT2D eigenvalue weighted by Crippen LogP contribution is 2.25. The zero-order valence-electron chi connectivity index (χ0n) is 11.6. The fraction of sp³-hybridized carbons (Fsp3) is 0.400. The van der Waals surface area contributed by atoms with Crippen LogP contribution in [0.25, 0.3) is 0 Å². The SMILES string of the molecule is CCn1cc(CC(O)c2ccc(C)c(OC)c2)cn1. The summed E-state index contributed by atoms with van der Waals surface area (Å²) < 4.78 is 7.14. The quantitative estimate of drug-likeness (QED) is 0.898. The summed E-state index contributed by atoms with van der Waals surface area (Å²) in [5, 5.41) is 14.5. The summed E-state index contributed by atoms with van der Waals surface area (Å²) in [5.74, 6) is 0.806. The molecule has 0 spiro atoms. The highest BCUT2D eigenvalue weighted by Gasteiger charge is 2.12. The molecule has 0 radical (unpaired) electrons. The first-order chi connectivity index (χ1) is 9.13. The van der Waals surface area contributed by atoms with E-state index >= 15 is 0 Å². The van der Waals surface area contributed by atoms with Gasteiger partial charge in [0.15, 0.2) is 0 Å². The molecule has 2 rings (SSSR count). The first-order valence-corrected chi connectivity index (χ1v) is 6.48. The predicted molar refractivity (Wildman–Crippen MR) is 74.3 cm³/mol. The third-order valence-electron chi connectivity index (χ3n) is 3.26. The van der Waals surface area contributed by atoms with E-state index in [1.54, 1.807) is 13.3 Å². The van der Waals surface area contributed by atoms with Gasteiger partial charge < -0.3 is 9.84 Å². The third kappa shape index (κ3) is 3.15. The molecular weight excluding hydrogens is 240 g/mol. The number of aromatic nitrogens is 2. The molecule has 0 saturated carbocycles. The van der Waals surface area contributed by atoms with Crippen molar-refractivity contribution in [2.24, 2.45) is 0 Å². The van der Waals surface area contributed by atoms with Crippen molar-refractivity contribution in [2.45, 2.75) is 32.9 Å². The van der Waals surface area contributed by atoms with Crippen LogP contribution in [0, 0.1) is 6.92 Å². The van der Waals surface area contributed by atoms with Crippen LogP contribution in [0.2, 0.25) is 0 Å². The molecule has 2 aromatic rings. The molecule has 0 aliphatic carbocycles. The van der Waals surface area contributed by atoms with Crippen molar-refractivity contribution in [3.05, 3.63) is 47.3 Å². The van der Waals surface area contributed by atoms with Gasteiger partial charge >= 0.3 is 0 Å². The van der Waals surface area contributed by atoms with Crippen molar-refractivity contribution in [1.82, 2.24) is 9.78 Å². The summed E-state index contributed by atoms with van der Waals surface area (Å²) >= 11 is 0. The maximum Gasteiger partial charge on any atom is 0.122 e. The molecule has 0 fully saturated rings. The van der Waals surface area contributed by atoms with Gasteiger partial charge in [-0.05, 0) is 36.6 Å². The Morgan fingerprint density at radius 1 is 1.42 bits per heavy atom. The van der Waals surface area contributed by atoms with Crippen LogP contribution in [-0.4, -0.2) is 22.0 Å². The number of aliphatic hydroxyl groups is 1. The van der Waals surface area contributed by atoms with Gasteiger partial charge in [0.05, 0.1) is 19.4 Å². The molecule has 0 bridgehead atoms. The summed E-state index contributed by atoms with van der Waals surface area (Å²) in [7, 11) is 1.64. The number of aryl methyl sites for hydroxylation is 2. The minimum absolute atomic E-state index is 0.538.